The number of nitrogens with zero attached hydrogens (tertiary/aromatic N) is 1. The fraction of sp³-hybridized carbons (Fsp3) is 0.400. The lowest BCUT2D eigenvalue weighted by atomic mass is 10.3. The van der Waals surface area contributed by atoms with E-state index in [9.17, 15) is 14.4 Å². The molecule has 0 fully saturated rings. The van der Waals surface area contributed by atoms with E-state index in [1.165, 1.54) is 11.3 Å². The highest BCUT2D eigenvalue weighted by molar-refractivity contribution is 7.15. The predicted octanol–water partition coefficient (Wildman–Crippen LogP) is 1.27. The molecule has 0 spiro atoms. The lowest BCUT2D eigenvalue weighted by Crippen LogP contribution is -2.34. The number of imide groups is 1. The van der Waals surface area contributed by atoms with E-state index in [1.54, 1.807) is 0 Å². The van der Waals surface area contributed by atoms with Gasteiger partial charge < -0.3 is 5.11 Å². The summed E-state index contributed by atoms with van der Waals surface area (Å²) in [7, 11) is 0. The standard InChI is InChI=1S/C10H13N3O4S/c1-5-6(2)18-10(11-5)13-9(17)12-7(14)3-4-8(15)16/h3-4H2,1-2H3,(H,15,16)(H2,11,12,13,14,17). The Hall–Kier alpha value is -1.96. The number of aryl methyl sites for hydroxylation is 2. The Labute approximate surface area is 107 Å². The number of hydrogen-bond acceptors (Lipinski definition) is 5. The minimum absolute atomic E-state index is 0.237. The van der Waals surface area contributed by atoms with Crippen LogP contribution in [0.15, 0.2) is 0 Å². The summed E-state index contributed by atoms with van der Waals surface area (Å²) in [5.74, 6) is -1.73. The number of urea groups is 1. The number of aromatic nitrogens is 1. The average molecular weight is 271 g/mol. The van der Waals surface area contributed by atoms with E-state index in [2.05, 4.69) is 10.3 Å². The molecule has 1 aromatic heterocycles. The highest BCUT2D eigenvalue weighted by Crippen LogP contribution is 2.20. The molecule has 7 nitrogen and oxygen atoms in total. The van der Waals surface area contributed by atoms with Gasteiger partial charge in [-0.25, -0.2) is 9.78 Å². The van der Waals surface area contributed by atoms with E-state index >= 15 is 0 Å². The van der Waals surface area contributed by atoms with Crippen molar-refractivity contribution in [2.24, 2.45) is 0 Å². The summed E-state index contributed by atoms with van der Waals surface area (Å²) in [6.07, 6.45) is -0.548. The fourth-order valence-corrected chi connectivity index (χ4v) is 1.87. The molecular formula is C10H13N3O4S. The second-order valence-corrected chi connectivity index (χ2v) is 4.76. The first-order valence-electron chi connectivity index (χ1n) is 5.15. The molecule has 0 unspecified atom stereocenters. The Bertz CT molecular complexity index is 464. The lowest BCUT2D eigenvalue weighted by molar-refractivity contribution is -0.138. The van der Waals surface area contributed by atoms with Crippen LogP contribution in [0.4, 0.5) is 9.93 Å². The van der Waals surface area contributed by atoms with Gasteiger partial charge in [0, 0.05) is 11.3 Å². The highest BCUT2D eigenvalue weighted by atomic mass is 32.1. The molecule has 0 bridgehead atoms. The van der Waals surface area contributed by atoms with Crippen molar-refractivity contribution >= 4 is 34.4 Å². The van der Waals surface area contributed by atoms with E-state index in [4.69, 9.17) is 5.11 Å². The Morgan fingerprint density at radius 2 is 1.94 bits per heavy atom. The van der Waals surface area contributed by atoms with Crippen molar-refractivity contribution < 1.29 is 19.5 Å². The van der Waals surface area contributed by atoms with E-state index in [0.29, 0.717) is 5.13 Å². The first-order chi connectivity index (χ1) is 8.38. The molecule has 3 N–H and O–H groups in total. The van der Waals surface area contributed by atoms with Gasteiger partial charge in [0.15, 0.2) is 5.13 Å². The molecular weight excluding hydrogens is 258 g/mol. The number of anilines is 1. The molecule has 8 heteroatoms. The van der Waals surface area contributed by atoms with Gasteiger partial charge in [-0.1, -0.05) is 0 Å². The third kappa shape index (κ3) is 4.50. The molecule has 0 aliphatic rings. The van der Waals surface area contributed by atoms with Crippen LogP contribution in [-0.4, -0.2) is 28.0 Å². The van der Waals surface area contributed by atoms with Crippen LogP contribution in [0.1, 0.15) is 23.4 Å². The van der Waals surface area contributed by atoms with Gasteiger partial charge >= 0.3 is 12.0 Å². The van der Waals surface area contributed by atoms with Gasteiger partial charge in [0.1, 0.15) is 0 Å². The van der Waals surface area contributed by atoms with Crippen molar-refractivity contribution in [1.29, 1.82) is 0 Å². The number of amides is 3. The fourth-order valence-electron chi connectivity index (χ4n) is 1.06. The number of carboxylic acids is 1. The summed E-state index contributed by atoms with van der Waals surface area (Å²) in [5, 5.41) is 13.2. The number of rotatable bonds is 4. The highest BCUT2D eigenvalue weighted by Gasteiger charge is 2.11. The second-order valence-electron chi connectivity index (χ2n) is 3.56. The van der Waals surface area contributed by atoms with Gasteiger partial charge in [-0.05, 0) is 13.8 Å². The monoisotopic (exact) mass is 271 g/mol. The number of carbonyl (C=O) groups excluding carboxylic acids is 2. The van der Waals surface area contributed by atoms with Crippen LogP contribution in [-0.2, 0) is 9.59 Å². The maximum atomic E-state index is 11.4. The normalized spacial score (nSPS) is 9.89. The Morgan fingerprint density at radius 1 is 1.28 bits per heavy atom. The van der Waals surface area contributed by atoms with E-state index in [0.717, 1.165) is 10.6 Å². The topological polar surface area (TPSA) is 108 Å². The van der Waals surface area contributed by atoms with Crippen LogP contribution >= 0.6 is 11.3 Å². The maximum Gasteiger partial charge on any atom is 0.327 e. The van der Waals surface area contributed by atoms with E-state index < -0.39 is 17.9 Å². The third-order valence-corrected chi connectivity index (χ3v) is 3.06. The molecule has 3 amide bonds. The van der Waals surface area contributed by atoms with Crippen LogP contribution in [0.3, 0.4) is 0 Å². The van der Waals surface area contributed by atoms with Gasteiger partial charge in [0.25, 0.3) is 0 Å². The zero-order chi connectivity index (χ0) is 13.7. The summed E-state index contributed by atoms with van der Waals surface area (Å²) in [6, 6.07) is -0.709. The number of nitrogens with one attached hydrogen (secondary N) is 2. The van der Waals surface area contributed by atoms with Crippen molar-refractivity contribution in [3.05, 3.63) is 10.6 Å². The largest absolute Gasteiger partial charge is 0.481 e. The number of thiazole rings is 1. The van der Waals surface area contributed by atoms with Gasteiger partial charge in [-0.3, -0.25) is 20.2 Å². The minimum Gasteiger partial charge on any atom is -0.481 e. The summed E-state index contributed by atoms with van der Waals surface area (Å²) in [5.41, 5.74) is 0.813. The molecule has 1 rings (SSSR count). The molecule has 0 aliphatic carbocycles. The van der Waals surface area contributed by atoms with Crippen LogP contribution in [0.25, 0.3) is 0 Å². The maximum absolute atomic E-state index is 11.4. The molecule has 0 aromatic carbocycles. The van der Waals surface area contributed by atoms with Crippen molar-refractivity contribution in [2.75, 3.05) is 5.32 Å². The Kier molecular flexibility index (Phi) is 4.78. The van der Waals surface area contributed by atoms with Gasteiger partial charge in [0.05, 0.1) is 12.1 Å². The Morgan fingerprint density at radius 3 is 2.44 bits per heavy atom. The molecule has 0 atom stereocenters. The predicted molar refractivity (Wildman–Crippen MR) is 65.6 cm³/mol. The first-order valence-corrected chi connectivity index (χ1v) is 5.97. The first kappa shape index (κ1) is 14.1. The number of carboxylic acid groups (broad SMARTS) is 1. The third-order valence-electron chi connectivity index (χ3n) is 2.07. The number of aliphatic carboxylic acids is 1. The van der Waals surface area contributed by atoms with Crippen molar-refractivity contribution in [3.63, 3.8) is 0 Å². The van der Waals surface area contributed by atoms with Crippen LogP contribution in [0.5, 0.6) is 0 Å². The zero-order valence-electron chi connectivity index (χ0n) is 9.94. The quantitative estimate of drug-likeness (QED) is 0.764. The summed E-state index contributed by atoms with van der Waals surface area (Å²) >= 11 is 1.30. The van der Waals surface area contributed by atoms with Crippen molar-refractivity contribution in [2.45, 2.75) is 26.7 Å². The van der Waals surface area contributed by atoms with E-state index in [-0.39, 0.29) is 12.8 Å². The van der Waals surface area contributed by atoms with Crippen LogP contribution in [0.2, 0.25) is 0 Å². The van der Waals surface area contributed by atoms with Gasteiger partial charge in [-0.15, -0.1) is 11.3 Å². The summed E-state index contributed by atoms with van der Waals surface area (Å²) < 4.78 is 0. The van der Waals surface area contributed by atoms with Gasteiger partial charge in [-0.2, -0.15) is 0 Å². The minimum atomic E-state index is -1.09. The van der Waals surface area contributed by atoms with E-state index in [1.807, 2.05) is 19.2 Å². The summed E-state index contributed by atoms with van der Waals surface area (Å²) in [4.78, 5) is 37.8. The Balaban J connectivity index is 2.42. The van der Waals surface area contributed by atoms with Crippen molar-refractivity contribution in [3.8, 4) is 0 Å². The molecule has 0 saturated carbocycles. The zero-order valence-corrected chi connectivity index (χ0v) is 10.8. The molecule has 1 aromatic rings. The second kappa shape index (κ2) is 6.10. The molecule has 18 heavy (non-hydrogen) atoms. The van der Waals surface area contributed by atoms with Gasteiger partial charge in [0.2, 0.25) is 5.91 Å². The molecule has 0 aliphatic heterocycles. The molecule has 0 saturated heterocycles. The SMILES string of the molecule is Cc1nc(NC(=O)NC(=O)CCC(=O)O)sc1C. The lowest BCUT2D eigenvalue weighted by Gasteiger charge is -2.02. The molecule has 0 radical (unpaired) electrons. The summed E-state index contributed by atoms with van der Waals surface area (Å²) in [6.45, 7) is 3.68. The number of carbonyl (C=O) groups is 3. The van der Waals surface area contributed by atoms with Crippen LogP contribution in [0, 0.1) is 13.8 Å². The van der Waals surface area contributed by atoms with Crippen LogP contribution < -0.4 is 10.6 Å². The smallest absolute Gasteiger partial charge is 0.327 e. The van der Waals surface area contributed by atoms with Crippen molar-refractivity contribution in [1.82, 2.24) is 10.3 Å². The average Bonchev–Trinajstić information content (AvgIpc) is 2.54. The molecule has 98 valence electrons. The number of hydrogen-bond donors (Lipinski definition) is 3. The molecule has 1 heterocycles.